The lowest BCUT2D eigenvalue weighted by Gasteiger charge is -2.31. The van der Waals surface area contributed by atoms with Gasteiger partial charge in [-0.15, -0.1) is 0 Å². The Labute approximate surface area is 213 Å². The molecule has 0 saturated heterocycles. The van der Waals surface area contributed by atoms with Crippen LogP contribution in [0.3, 0.4) is 0 Å². The summed E-state index contributed by atoms with van der Waals surface area (Å²) in [7, 11) is 0. The third-order valence-corrected chi connectivity index (χ3v) is 6.01. The number of aliphatic hydroxyl groups is 1. The number of carbonyl (C=O) groups is 1. The van der Waals surface area contributed by atoms with Crippen LogP contribution in [0.2, 0.25) is 0 Å². The number of benzene rings is 2. The molecule has 0 amide bonds. The molecule has 2 aromatic heterocycles. The fourth-order valence-electron chi connectivity index (χ4n) is 4.15. The Morgan fingerprint density at radius 3 is 2.61 bits per heavy atom. The molecule has 0 aliphatic carbocycles. The lowest BCUT2D eigenvalue weighted by molar-refractivity contribution is -0.138. The standard InChI is InChI=1S/C25H21F3N4O6/c26-25(27,28)19-20(13-5-2-1-3-6-13)31-37-22(19)24-30-23(32-38-24)14-8-9-15-17(11-14)36-12-16(21(15)35)29-10-4-7-18(33)34/h1-3,5-6,8-9,11,16,21,29,35H,4,7,10,12H2,(H,33,34)/t16-,21-/m0/s1. The van der Waals surface area contributed by atoms with Crippen molar-refractivity contribution in [2.24, 2.45) is 0 Å². The van der Waals surface area contributed by atoms with Gasteiger partial charge >= 0.3 is 12.1 Å². The second-order valence-electron chi connectivity index (χ2n) is 8.59. The highest BCUT2D eigenvalue weighted by Gasteiger charge is 2.43. The number of halogens is 3. The average molecular weight is 530 g/mol. The summed E-state index contributed by atoms with van der Waals surface area (Å²) in [4.78, 5) is 14.7. The molecule has 1 aliphatic heterocycles. The Morgan fingerprint density at radius 2 is 1.87 bits per heavy atom. The summed E-state index contributed by atoms with van der Waals surface area (Å²) in [6.07, 6.45) is -5.31. The van der Waals surface area contributed by atoms with Crippen molar-refractivity contribution in [2.75, 3.05) is 13.2 Å². The summed E-state index contributed by atoms with van der Waals surface area (Å²) < 4.78 is 57.8. The van der Waals surface area contributed by atoms with Crippen molar-refractivity contribution in [3.63, 3.8) is 0 Å². The zero-order chi connectivity index (χ0) is 26.9. The van der Waals surface area contributed by atoms with Crippen molar-refractivity contribution in [3.8, 4) is 40.0 Å². The maximum absolute atomic E-state index is 14.0. The van der Waals surface area contributed by atoms with E-state index in [-0.39, 0.29) is 24.4 Å². The molecule has 0 radical (unpaired) electrons. The van der Waals surface area contributed by atoms with E-state index in [9.17, 15) is 23.1 Å². The number of aliphatic hydroxyl groups excluding tert-OH is 1. The van der Waals surface area contributed by atoms with E-state index in [4.69, 9.17) is 18.9 Å². The number of hydrogen-bond acceptors (Lipinski definition) is 9. The van der Waals surface area contributed by atoms with E-state index in [2.05, 4.69) is 20.6 Å². The molecule has 1 aliphatic rings. The van der Waals surface area contributed by atoms with Crippen molar-refractivity contribution >= 4 is 5.97 Å². The molecule has 0 bridgehead atoms. The predicted octanol–water partition coefficient (Wildman–Crippen LogP) is 4.33. The average Bonchev–Trinajstić information content (AvgIpc) is 3.56. The first-order chi connectivity index (χ1) is 18.2. The Balaban J connectivity index is 1.38. The Bertz CT molecular complexity index is 1440. The van der Waals surface area contributed by atoms with Crippen LogP contribution in [0.25, 0.3) is 34.3 Å². The third-order valence-electron chi connectivity index (χ3n) is 6.01. The summed E-state index contributed by atoms with van der Waals surface area (Å²) in [6, 6.07) is 12.1. The van der Waals surface area contributed by atoms with Crippen LogP contribution in [0.1, 0.15) is 30.1 Å². The highest BCUT2D eigenvalue weighted by atomic mass is 19.4. The smallest absolute Gasteiger partial charge is 0.422 e. The zero-order valence-corrected chi connectivity index (χ0v) is 19.6. The zero-order valence-electron chi connectivity index (χ0n) is 19.6. The van der Waals surface area contributed by atoms with Crippen LogP contribution in [-0.2, 0) is 11.0 Å². The molecule has 0 fully saturated rings. The number of aliphatic carboxylic acids is 1. The largest absolute Gasteiger partial charge is 0.491 e. The first kappa shape index (κ1) is 25.4. The van der Waals surface area contributed by atoms with Crippen molar-refractivity contribution in [1.29, 1.82) is 0 Å². The fraction of sp³-hybridized carbons (Fsp3) is 0.280. The molecule has 0 spiro atoms. The van der Waals surface area contributed by atoms with Gasteiger partial charge in [0.2, 0.25) is 11.6 Å². The van der Waals surface area contributed by atoms with E-state index in [0.717, 1.165) is 0 Å². The number of carboxylic acid groups (broad SMARTS) is 1. The summed E-state index contributed by atoms with van der Waals surface area (Å²) in [5, 5.41) is 29.9. The van der Waals surface area contributed by atoms with Crippen LogP contribution in [0.15, 0.2) is 57.6 Å². The van der Waals surface area contributed by atoms with E-state index in [0.29, 0.717) is 29.8 Å². The van der Waals surface area contributed by atoms with Gasteiger partial charge in [-0.05, 0) is 19.0 Å². The molecule has 3 heterocycles. The molecule has 5 rings (SSSR count). The number of rotatable bonds is 8. The molecule has 13 heteroatoms. The second kappa shape index (κ2) is 10.3. The molecular weight excluding hydrogens is 509 g/mol. The van der Waals surface area contributed by atoms with Gasteiger partial charge in [0.15, 0.2) is 0 Å². The van der Waals surface area contributed by atoms with Crippen molar-refractivity contribution in [3.05, 3.63) is 59.7 Å². The molecule has 3 N–H and O–H groups in total. The van der Waals surface area contributed by atoms with E-state index < -0.39 is 47.2 Å². The Kier molecular flexibility index (Phi) is 6.87. The summed E-state index contributed by atoms with van der Waals surface area (Å²) in [6.45, 7) is 0.515. The van der Waals surface area contributed by atoms with Crippen LogP contribution in [0.5, 0.6) is 5.75 Å². The Morgan fingerprint density at radius 1 is 1.08 bits per heavy atom. The maximum Gasteiger partial charge on any atom is 0.422 e. The SMILES string of the molecule is O=C(O)CCCN[C@H]1COc2cc(-c3noc(-c4onc(-c5ccccc5)c4C(F)(F)F)n3)ccc2[C@@H]1O. The van der Waals surface area contributed by atoms with Crippen LogP contribution in [-0.4, -0.2) is 50.7 Å². The van der Waals surface area contributed by atoms with E-state index >= 15 is 0 Å². The van der Waals surface area contributed by atoms with Gasteiger partial charge in [-0.3, -0.25) is 4.79 Å². The van der Waals surface area contributed by atoms with Gasteiger partial charge in [-0.25, -0.2) is 0 Å². The fourth-order valence-corrected chi connectivity index (χ4v) is 4.15. The molecule has 2 atom stereocenters. The van der Waals surface area contributed by atoms with Gasteiger partial charge in [0.1, 0.15) is 29.7 Å². The van der Waals surface area contributed by atoms with Gasteiger partial charge in [0, 0.05) is 23.1 Å². The van der Waals surface area contributed by atoms with Crippen molar-refractivity contribution in [1.82, 2.24) is 20.6 Å². The number of alkyl halides is 3. The van der Waals surface area contributed by atoms with Gasteiger partial charge in [-0.1, -0.05) is 52.8 Å². The summed E-state index contributed by atoms with van der Waals surface area (Å²) in [5.41, 5.74) is -0.431. The van der Waals surface area contributed by atoms with Gasteiger partial charge in [0.25, 0.3) is 5.89 Å². The molecule has 38 heavy (non-hydrogen) atoms. The number of fused-ring (bicyclic) bond motifs is 1. The highest BCUT2D eigenvalue weighted by molar-refractivity contribution is 5.71. The molecule has 4 aromatic rings. The first-order valence-electron chi connectivity index (χ1n) is 11.6. The minimum absolute atomic E-state index is 0.00933. The van der Waals surface area contributed by atoms with Crippen LogP contribution >= 0.6 is 0 Å². The lowest BCUT2D eigenvalue weighted by atomic mass is 9.97. The van der Waals surface area contributed by atoms with Gasteiger partial charge in [0.05, 0.1) is 6.04 Å². The molecule has 2 aromatic carbocycles. The minimum Gasteiger partial charge on any atom is -0.491 e. The number of aromatic nitrogens is 3. The minimum atomic E-state index is -4.80. The maximum atomic E-state index is 14.0. The van der Waals surface area contributed by atoms with E-state index in [1.165, 1.54) is 12.1 Å². The van der Waals surface area contributed by atoms with Gasteiger partial charge in [-0.2, -0.15) is 18.2 Å². The van der Waals surface area contributed by atoms with Crippen LogP contribution in [0.4, 0.5) is 13.2 Å². The summed E-state index contributed by atoms with van der Waals surface area (Å²) >= 11 is 0. The third kappa shape index (κ3) is 5.10. The Hall–Kier alpha value is -4.23. The molecule has 10 nitrogen and oxygen atoms in total. The van der Waals surface area contributed by atoms with Gasteiger partial charge < -0.3 is 29.3 Å². The number of nitrogens with one attached hydrogen (secondary N) is 1. The monoisotopic (exact) mass is 530 g/mol. The topological polar surface area (TPSA) is 144 Å². The normalized spacial score (nSPS) is 17.2. The predicted molar refractivity (Wildman–Crippen MR) is 125 cm³/mol. The van der Waals surface area contributed by atoms with Crippen molar-refractivity contribution in [2.45, 2.75) is 31.2 Å². The highest BCUT2D eigenvalue weighted by Crippen LogP contribution is 2.43. The van der Waals surface area contributed by atoms with E-state index in [1.54, 1.807) is 36.4 Å². The van der Waals surface area contributed by atoms with Crippen molar-refractivity contribution < 1.29 is 42.0 Å². The molecular formula is C25H21F3N4O6. The lowest BCUT2D eigenvalue weighted by Crippen LogP contribution is -2.43. The summed E-state index contributed by atoms with van der Waals surface area (Å²) in [5.74, 6) is -1.75. The molecule has 0 unspecified atom stereocenters. The van der Waals surface area contributed by atoms with Crippen LogP contribution in [0, 0.1) is 0 Å². The van der Waals surface area contributed by atoms with Crippen LogP contribution < -0.4 is 10.1 Å². The van der Waals surface area contributed by atoms with E-state index in [1.807, 2.05) is 0 Å². The number of hydrogen-bond donors (Lipinski definition) is 3. The quantitative estimate of drug-likeness (QED) is 0.282. The number of nitrogens with zero attached hydrogens (tertiary/aromatic N) is 3. The first-order valence-corrected chi connectivity index (χ1v) is 11.6. The second-order valence-corrected chi connectivity index (χ2v) is 8.59. The molecule has 198 valence electrons. The number of carboxylic acids is 1. The molecule has 0 saturated carbocycles. The number of ether oxygens (including phenoxy) is 1.